The zero-order valence-electron chi connectivity index (χ0n) is 15.0. The third kappa shape index (κ3) is 3.35. The van der Waals surface area contributed by atoms with Gasteiger partial charge in [0.15, 0.2) is 5.65 Å². The van der Waals surface area contributed by atoms with Crippen molar-refractivity contribution in [2.45, 2.75) is 13.0 Å². The number of carbonyl (C=O) groups excluding carboxylic acids is 1. The van der Waals surface area contributed by atoms with Crippen molar-refractivity contribution in [2.24, 2.45) is 0 Å². The van der Waals surface area contributed by atoms with E-state index in [1.807, 2.05) is 48.5 Å². The van der Waals surface area contributed by atoms with Crippen LogP contribution in [0.15, 0.2) is 66.9 Å². The van der Waals surface area contributed by atoms with Gasteiger partial charge < -0.3 is 11.1 Å². The SMILES string of the molecule is N=c1c2cnn(CCc3ccccc3)c2nc(N)n1C(=O)Nc1ccccc1. The van der Waals surface area contributed by atoms with Gasteiger partial charge in [-0.3, -0.25) is 5.41 Å². The van der Waals surface area contributed by atoms with Gasteiger partial charge in [0.25, 0.3) is 0 Å². The minimum atomic E-state index is -0.542. The van der Waals surface area contributed by atoms with Crippen molar-refractivity contribution in [1.82, 2.24) is 19.3 Å². The van der Waals surface area contributed by atoms with Crippen LogP contribution in [0.3, 0.4) is 0 Å². The van der Waals surface area contributed by atoms with Crippen molar-refractivity contribution in [3.63, 3.8) is 0 Å². The van der Waals surface area contributed by atoms with Gasteiger partial charge in [-0.05, 0) is 24.1 Å². The maximum atomic E-state index is 12.6. The number of nitrogens with two attached hydrogens (primary N) is 1. The Hall–Kier alpha value is -3.94. The van der Waals surface area contributed by atoms with Gasteiger partial charge in [0.05, 0.1) is 11.6 Å². The minimum Gasteiger partial charge on any atom is -0.369 e. The Bertz CT molecular complexity index is 1180. The molecule has 28 heavy (non-hydrogen) atoms. The third-order valence-electron chi connectivity index (χ3n) is 4.42. The average Bonchev–Trinajstić information content (AvgIpc) is 3.11. The molecule has 0 saturated heterocycles. The highest BCUT2D eigenvalue weighted by molar-refractivity contribution is 5.93. The molecule has 2 heterocycles. The number of benzene rings is 2. The molecular formula is C20H19N7O. The van der Waals surface area contributed by atoms with Crippen molar-refractivity contribution in [1.29, 1.82) is 5.41 Å². The molecule has 4 rings (SSSR count). The highest BCUT2D eigenvalue weighted by Gasteiger charge is 2.16. The van der Waals surface area contributed by atoms with Crippen LogP contribution < -0.4 is 16.5 Å². The summed E-state index contributed by atoms with van der Waals surface area (Å²) in [6.07, 6.45) is 2.32. The van der Waals surface area contributed by atoms with Crippen LogP contribution in [0.25, 0.3) is 11.0 Å². The Morgan fingerprint density at radius 2 is 1.75 bits per heavy atom. The zero-order valence-corrected chi connectivity index (χ0v) is 15.0. The van der Waals surface area contributed by atoms with E-state index in [1.165, 1.54) is 5.56 Å². The number of nitrogen functional groups attached to an aromatic ring is 1. The Labute approximate surface area is 160 Å². The summed E-state index contributed by atoms with van der Waals surface area (Å²) < 4.78 is 2.74. The molecule has 8 nitrogen and oxygen atoms in total. The molecule has 0 atom stereocenters. The predicted octanol–water partition coefficient (Wildman–Crippen LogP) is 2.62. The molecule has 0 radical (unpaired) electrons. The summed E-state index contributed by atoms with van der Waals surface area (Å²) >= 11 is 0. The van der Waals surface area contributed by atoms with Gasteiger partial charge in [-0.2, -0.15) is 10.1 Å². The maximum absolute atomic E-state index is 12.6. The molecule has 1 amide bonds. The van der Waals surface area contributed by atoms with Gasteiger partial charge >= 0.3 is 6.03 Å². The van der Waals surface area contributed by atoms with E-state index in [4.69, 9.17) is 11.1 Å². The number of carbonyl (C=O) groups is 1. The lowest BCUT2D eigenvalue weighted by atomic mass is 10.1. The quantitative estimate of drug-likeness (QED) is 0.510. The first-order valence-corrected chi connectivity index (χ1v) is 8.82. The highest BCUT2D eigenvalue weighted by atomic mass is 16.2. The molecule has 0 spiro atoms. The van der Waals surface area contributed by atoms with E-state index in [2.05, 4.69) is 15.4 Å². The number of hydrogen-bond acceptors (Lipinski definition) is 5. The summed E-state index contributed by atoms with van der Waals surface area (Å²) in [5, 5.41) is 15.9. The Balaban J connectivity index is 1.64. The fourth-order valence-corrected chi connectivity index (χ4v) is 3.01. The first kappa shape index (κ1) is 17.5. The zero-order chi connectivity index (χ0) is 19.5. The smallest absolute Gasteiger partial charge is 0.334 e. The van der Waals surface area contributed by atoms with Gasteiger partial charge in [-0.15, -0.1) is 0 Å². The largest absolute Gasteiger partial charge is 0.369 e. The number of rotatable bonds is 4. The molecule has 4 N–H and O–H groups in total. The van der Waals surface area contributed by atoms with Gasteiger partial charge in [-0.1, -0.05) is 48.5 Å². The lowest BCUT2D eigenvalue weighted by Gasteiger charge is -2.11. The van der Waals surface area contributed by atoms with Crippen LogP contribution in [0, 0.1) is 5.41 Å². The molecule has 0 fully saturated rings. The lowest BCUT2D eigenvalue weighted by Crippen LogP contribution is -2.34. The lowest BCUT2D eigenvalue weighted by molar-refractivity contribution is 0.253. The molecule has 0 aliphatic heterocycles. The van der Waals surface area contributed by atoms with E-state index in [1.54, 1.807) is 23.0 Å². The second-order valence-corrected chi connectivity index (χ2v) is 6.29. The molecule has 140 valence electrons. The third-order valence-corrected chi connectivity index (χ3v) is 4.42. The van der Waals surface area contributed by atoms with Gasteiger partial charge in [0.1, 0.15) is 5.49 Å². The second-order valence-electron chi connectivity index (χ2n) is 6.29. The minimum absolute atomic E-state index is 0.0538. The molecule has 0 aliphatic rings. The van der Waals surface area contributed by atoms with Crippen molar-refractivity contribution < 1.29 is 4.79 Å². The fourth-order valence-electron chi connectivity index (χ4n) is 3.01. The number of amides is 1. The topological polar surface area (TPSA) is 115 Å². The number of nitrogens with zero attached hydrogens (tertiary/aromatic N) is 4. The number of aryl methyl sites for hydroxylation is 2. The molecule has 0 unspecified atom stereocenters. The van der Waals surface area contributed by atoms with E-state index in [9.17, 15) is 4.79 Å². The number of nitrogens with one attached hydrogen (secondary N) is 2. The van der Waals surface area contributed by atoms with E-state index in [0.29, 0.717) is 23.3 Å². The summed E-state index contributed by atoms with van der Waals surface area (Å²) in [6, 6.07) is 18.5. The van der Waals surface area contributed by atoms with Gasteiger partial charge in [0.2, 0.25) is 5.95 Å². The molecule has 0 bridgehead atoms. The first-order valence-electron chi connectivity index (χ1n) is 8.82. The molecule has 2 aromatic carbocycles. The number of hydrogen-bond donors (Lipinski definition) is 3. The summed E-state index contributed by atoms with van der Waals surface area (Å²) in [5.74, 6) is -0.0626. The first-order chi connectivity index (χ1) is 13.6. The van der Waals surface area contributed by atoms with Crippen LogP contribution in [0.2, 0.25) is 0 Å². The molecular weight excluding hydrogens is 354 g/mol. The molecule has 4 aromatic rings. The van der Waals surface area contributed by atoms with Crippen LogP contribution in [0.4, 0.5) is 16.4 Å². The summed E-state index contributed by atoms with van der Waals surface area (Å²) in [5.41, 5.74) is 8.23. The van der Waals surface area contributed by atoms with Crippen molar-refractivity contribution >= 4 is 28.7 Å². The number of fused-ring (bicyclic) bond motifs is 1. The Morgan fingerprint density at radius 3 is 2.46 bits per heavy atom. The predicted molar refractivity (Wildman–Crippen MR) is 107 cm³/mol. The number of anilines is 2. The van der Waals surface area contributed by atoms with E-state index in [0.717, 1.165) is 11.0 Å². The van der Waals surface area contributed by atoms with E-state index in [-0.39, 0.29) is 11.4 Å². The highest BCUT2D eigenvalue weighted by Crippen LogP contribution is 2.12. The standard InChI is InChI=1S/C20H19N7O/c21-17-16-13-23-26(12-11-14-7-3-1-4-8-14)18(16)25-19(22)27(17)20(28)24-15-9-5-2-6-10-15/h1-10,13,21H,11-12H2,(H2,22,25)(H,24,28). The molecule has 8 heteroatoms. The molecule has 2 aromatic heterocycles. The van der Waals surface area contributed by atoms with Crippen LogP contribution in [-0.4, -0.2) is 25.4 Å². The van der Waals surface area contributed by atoms with E-state index < -0.39 is 6.03 Å². The Kier molecular flexibility index (Phi) is 4.59. The summed E-state index contributed by atoms with van der Waals surface area (Å²) in [4.78, 5) is 16.9. The second kappa shape index (κ2) is 7.36. The van der Waals surface area contributed by atoms with E-state index >= 15 is 0 Å². The van der Waals surface area contributed by atoms with Crippen molar-refractivity contribution in [3.8, 4) is 0 Å². The van der Waals surface area contributed by atoms with Crippen LogP contribution in [-0.2, 0) is 13.0 Å². The molecule has 0 aliphatic carbocycles. The Morgan fingerprint density at radius 1 is 1.07 bits per heavy atom. The van der Waals surface area contributed by atoms with Gasteiger partial charge in [-0.25, -0.2) is 14.0 Å². The fraction of sp³-hybridized carbons (Fsp3) is 0.100. The summed E-state index contributed by atoms with van der Waals surface area (Å²) in [7, 11) is 0. The van der Waals surface area contributed by atoms with Crippen LogP contribution >= 0.6 is 0 Å². The van der Waals surface area contributed by atoms with Crippen LogP contribution in [0.5, 0.6) is 0 Å². The van der Waals surface area contributed by atoms with Crippen molar-refractivity contribution in [3.05, 3.63) is 77.9 Å². The number of para-hydroxylation sites is 1. The van der Waals surface area contributed by atoms with Gasteiger partial charge in [0, 0.05) is 12.2 Å². The maximum Gasteiger partial charge on any atom is 0.334 e. The average molecular weight is 373 g/mol. The summed E-state index contributed by atoms with van der Waals surface area (Å²) in [6.45, 7) is 0.597. The van der Waals surface area contributed by atoms with Crippen LogP contribution in [0.1, 0.15) is 5.56 Å². The number of aromatic nitrogens is 4. The monoisotopic (exact) mass is 373 g/mol. The normalized spacial score (nSPS) is 10.9. The molecule has 0 saturated carbocycles. The van der Waals surface area contributed by atoms with Crippen molar-refractivity contribution in [2.75, 3.05) is 11.1 Å².